The zero-order chi connectivity index (χ0) is 14.6. The first-order valence-electron chi connectivity index (χ1n) is 6.65. The van der Waals surface area contributed by atoms with Crippen molar-refractivity contribution >= 4 is 17.4 Å². The van der Waals surface area contributed by atoms with Crippen molar-refractivity contribution in [1.29, 1.82) is 0 Å². The van der Waals surface area contributed by atoms with E-state index < -0.39 is 6.10 Å². The Bertz CT molecular complexity index is 660. The van der Waals surface area contributed by atoms with Gasteiger partial charge < -0.3 is 24.9 Å². The van der Waals surface area contributed by atoms with E-state index in [0.29, 0.717) is 35.0 Å². The average molecular weight is 290 g/mol. The summed E-state index contributed by atoms with van der Waals surface area (Å²) in [7, 11) is 0. The minimum absolute atomic E-state index is 0.128. The Morgan fingerprint density at radius 1 is 1.38 bits per heavy atom. The molecule has 2 atom stereocenters. The number of nitrogens with zero attached hydrogens (tertiary/aromatic N) is 2. The van der Waals surface area contributed by atoms with Gasteiger partial charge in [0, 0.05) is 19.0 Å². The number of nitrogens with one attached hydrogen (secondary N) is 1. The summed E-state index contributed by atoms with van der Waals surface area (Å²) >= 11 is 0. The van der Waals surface area contributed by atoms with Gasteiger partial charge in [-0.05, 0) is 6.07 Å². The molecular formula is C13H14N4O4. The standard InChI is InChI=1S/C13H14N4O4/c14-16-12-9-1-6(18)4-17(9)13(19)7-2-10-11(21-5-20-10)3-8(7)15-12/h2-3,6,9,18H,1,4-5,14H2,(H,15,16)/t6-,9?/m1/s1. The molecule has 3 aliphatic rings. The summed E-state index contributed by atoms with van der Waals surface area (Å²) < 4.78 is 10.6. The van der Waals surface area contributed by atoms with E-state index in [9.17, 15) is 9.90 Å². The average Bonchev–Trinajstić information content (AvgIpc) is 3.06. The first-order chi connectivity index (χ1) is 10.2. The maximum Gasteiger partial charge on any atom is 0.256 e. The van der Waals surface area contributed by atoms with Crippen LogP contribution in [0.25, 0.3) is 0 Å². The Labute approximate surface area is 120 Å². The summed E-state index contributed by atoms with van der Waals surface area (Å²) in [6, 6.07) is 2.96. The van der Waals surface area contributed by atoms with E-state index in [0.717, 1.165) is 0 Å². The molecule has 8 nitrogen and oxygen atoms in total. The number of fused-ring (bicyclic) bond motifs is 3. The molecule has 3 aliphatic heterocycles. The number of aliphatic hydroxyl groups is 1. The molecule has 0 bridgehead atoms. The number of nitrogens with two attached hydrogens (primary N) is 1. The maximum atomic E-state index is 12.7. The molecule has 3 heterocycles. The van der Waals surface area contributed by atoms with Gasteiger partial charge in [0.2, 0.25) is 6.79 Å². The van der Waals surface area contributed by atoms with Crippen LogP contribution in [0, 0.1) is 0 Å². The lowest BCUT2D eigenvalue weighted by Crippen LogP contribution is -2.47. The van der Waals surface area contributed by atoms with Crippen LogP contribution in [0.15, 0.2) is 17.1 Å². The third kappa shape index (κ3) is 1.76. The molecule has 1 aromatic carbocycles. The molecule has 1 amide bonds. The lowest BCUT2D eigenvalue weighted by molar-refractivity contribution is 0.0747. The summed E-state index contributed by atoms with van der Waals surface area (Å²) in [5, 5.41) is 9.82. The first-order valence-corrected chi connectivity index (χ1v) is 6.65. The van der Waals surface area contributed by atoms with Gasteiger partial charge >= 0.3 is 0 Å². The number of amides is 1. The van der Waals surface area contributed by atoms with E-state index in [1.165, 1.54) is 0 Å². The molecule has 1 aromatic rings. The lowest BCUT2D eigenvalue weighted by atomic mass is 10.1. The summed E-state index contributed by atoms with van der Waals surface area (Å²) in [5.41, 5.74) is 3.45. The Morgan fingerprint density at radius 3 is 2.90 bits per heavy atom. The number of carbonyl (C=O) groups is 1. The third-order valence-electron chi connectivity index (χ3n) is 3.97. The molecule has 1 unspecified atom stereocenters. The normalized spacial score (nSPS) is 26.1. The van der Waals surface area contributed by atoms with Crippen molar-refractivity contribution in [2.75, 3.05) is 13.3 Å². The number of hydrazine groups is 1. The van der Waals surface area contributed by atoms with Crippen LogP contribution in [-0.4, -0.2) is 47.2 Å². The Balaban J connectivity index is 1.87. The molecule has 21 heavy (non-hydrogen) atoms. The fourth-order valence-electron chi connectivity index (χ4n) is 2.98. The molecule has 4 N–H and O–H groups in total. The number of rotatable bonds is 0. The summed E-state index contributed by atoms with van der Waals surface area (Å²) in [5.74, 6) is 6.88. The van der Waals surface area contributed by atoms with Crippen LogP contribution >= 0.6 is 0 Å². The van der Waals surface area contributed by atoms with E-state index in [1.54, 1.807) is 17.0 Å². The highest BCUT2D eigenvalue weighted by atomic mass is 16.7. The van der Waals surface area contributed by atoms with Crippen LogP contribution in [0.3, 0.4) is 0 Å². The van der Waals surface area contributed by atoms with E-state index in [1.807, 2.05) is 0 Å². The molecule has 0 spiro atoms. The van der Waals surface area contributed by atoms with Crippen molar-refractivity contribution < 1.29 is 19.4 Å². The molecule has 1 fully saturated rings. The number of aliphatic imine (C=N–C) groups is 1. The number of benzene rings is 1. The summed E-state index contributed by atoms with van der Waals surface area (Å²) in [6.45, 7) is 0.390. The molecule has 4 rings (SSSR count). The highest BCUT2D eigenvalue weighted by Gasteiger charge is 2.41. The van der Waals surface area contributed by atoms with Crippen LogP contribution in [0.1, 0.15) is 16.8 Å². The maximum absolute atomic E-state index is 12.7. The van der Waals surface area contributed by atoms with Crippen LogP contribution in [-0.2, 0) is 0 Å². The quantitative estimate of drug-likeness (QED) is 0.439. The molecule has 1 saturated heterocycles. The zero-order valence-corrected chi connectivity index (χ0v) is 11.1. The van der Waals surface area contributed by atoms with Gasteiger partial charge in [-0.1, -0.05) is 0 Å². The largest absolute Gasteiger partial charge is 0.454 e. The topological polar surface area (TPSA) is 109 Å². The third-order valence-corrected chi connectivity index (χ3v) is 3.97. The highest BCUT2D eigenvalue weighted by molar-refractivity contribution is 6.06. The summed E-state index contributed by atoms with van der Waals surface area (Å²) in [6.07, 6.45) is -0.164. The lowest BCUT2D eigenvalue weighted by Gasteiger charge is -2.22. The smallest absolute Gasteiger partial charge is 0.256 e. The number of amidine groups is 1. The van der Waals surface area contributed by atoms with Gasteiger partial charge in [0.1, 0.15) is 5.84 Å². The SMILES string of the molecule is NNC1=Nc2cc3c(cc2C(=O)N2C[C@H](O)CC12)OCO3. The van der Waals surface area contributed by atoms with Gasteiger partial charge in [0.25, 0.3) is 5.91 Å². The van der Waals surface area contributed by atoms with Gasteiger partial charge in [0.15, 0.2) is 11.5 Å². The van der Waals surface area contributed by atoms with Crippen molar-refractivity contribution in [2.24, 2.45) is 10.8 Å². The number of aliphatic hydroxyl groups excluding tert-OH is 1. The molecule has 0 radical (unpaired) electrons. The van der Waals surface area contributed by atoms with Gasteiger partial charge in [0.05, 0.1) is 23.4 Å². The van der Waals surface area contributed by atoms with Crippen molar-refractivity contribution in [3.05, 3.63) is 17.7 Å². The minimum Gasteiger partial charge on any atom is -0.454 e. The Morgan fingerprint density at radius 2 is 2.14 bits per heavy atom. The van der Waals surface area contributed by atoms with E-state index in [2.05, 4.69) is 10.4 Å². The van der Waals surface area contributed by atoms with Crippen molar-refractivity contribution in [1.82, 2.24) is 10.3 Å². The second-order valence-electron chi connectivity index (χ2n) is 5.23. The Hall–Kier alpha value is -2.32. The fraction of sp³-hybridized carbons (Fsp3) is 0.385. The second-order valence-corrected chi connectivity index (χ2v) is 5.23. The number of carbonyl (C=O) groups excluding carboxylic acids is 1. The van der Waals surface area contributed by atoms with Gasteiger partial charge in [-0.2, -0.15) is 0 Å². The van der Waals surface area contributed by atoms with E-state index >= 15 is 0 Å². The molecule has 110 valence electrons. The van der Waals surface area contributed by atoms with Crippen LogP contribution < -0.4 is 20.7 Å². The van der Waals surface area contributed by atoms with E-state index in [4.69, 9.17) is 15.3 Å². The highest BCUT2D eigenvalue weighted by Crippen LogP contribution is 2.40. The van der Waals surface area contributed by atoms with Gasteiger partial charge in [-0.15, -0.1) is 0 Å². The first kappa shape index (κ1) is 12.4. The van der Waals surface area contributed by atoms with Gasteiger partial charge in [-0.25, -0.2) is 10.8 Å². The minimum atomic E-state index is -0.576. The number of hydrogen-bond acceptors (Lipinski definition) is 7. The number of ether oxygens (including phenoxy) is 2. The van der Waals surface area contributed by atoms with Crippen LogP contribution in [0.5, 0.6) is 11.5 Å². The monoisotopic (exact) mass is 290 g/mol. The number of hydrogen-bond donors (Lipinski definition) is 3. The van der Waals surface area contributed by atoms with Gasteiger partial charge in [-0.3, -0.25) is 4.79 Å². The van der Waals surface area contributed by atoms with E-state index in [-0.39, 0.29) is 25.3 Å². The fourth-order valence-corrected chi connectivity index (χ4v) is 2.98. The molecule has 8 heteroatoms. The van der Waals surface area contributed by atoms with Crippen LogP contribution in [0.2, 0.25) is 0 Å². The molecular weight excluding hydrogens is 276 g/mol. The molecule has 0 aliphatic carbocycles. The summed E-state index contributed by atoms with van der Waals surface area (Å²) in [4.78, 5) is 18.7. The second kappa shape index (κ2) is 4.34. The predicted molar refractivity (Wildman–Crippen MR) is 72.4 cm³/mol. The molecule has 0 saturated carbocycles. The van der Waals surface area contributed by atoms with Crippen molar-refractivity contribution in [3.8, 4) is 11.5 Å². The molecule has 0 aromatic heterocycles. The van der Waals surface area contributed by atoms with Crippen molar-refractivity contribution in [3.63, 3.8) is 0 Å². The van der Waals surface area contributed by atoms with Crippen molar-refractivity contribution in [2.45, 2.75) is 18.6 Å². The van der Waals surface area contributed by atoms with Crippen LogP contribution in [0.4, 0.5) is 5.69 Å². The Kier molecular flexibility index (Phi) is 2.57. The zero-order valence-electron chi connectivity index (χ0n) is 11.1. The predicted octanol–water partition coefficient (Wildman–Crippen LogP) is -0.502.